The molecule has 7 heteroatoms. The highest BCUT2D eigenvalue weighted by atomic mass is 16.5. The second-order valence-corrected chi connectivity index (χ2v) is 5.94. The van der Waals surface area contributed by atoms with Crippen LogP contribution in [0.5, 0.6) is 11.5 Å². The maximum absolute atomic E-state index is 12.4. The summed E-state index contributed by atoms with van der Waals surface area (Å²) in [6, 6.07) is 17.0. The molecule has 144 valence electrons. The molecule has 0 saturated carbocycles. The number of carbonyl (C=O) groups is 2. The SMILES string of the molecule is COc1ccc(OC(C)C(=O)Nc2cccc(NC(=O)c3ccco3)c2)cc1. The zero-order valence-electron chi connectivity index (χ0n) is 15.5. The van der Waals surface area contributed by atoms with E-state index in [1.54, 1.807) is 74.7 Å². The van der Waals surface area contributed by atoms with Crippen molar-refractivity contribution in [1.29, 1.82) is 0 Å². The molecule has 0 bridgehead atoms. The van der Waals surface area contributed by atoms with Gasteiger partial charge in [0.05, 0.1) is 13.4 Å². The number of amides is 2. The molecule has 0 spiro atoms. The van der Waals surface area contributed by atoms with Gasteiger partial charge in [-0.1, -0.05) is 6.07 Å². The normalized spacial score (nSPS) is 11.4. The van der Waals surface area contributed by atoms with Crippen molar-refractivity contribution < 1.29 is 23.5 Å². The van der Waals surface area contributed by atoms with E-state index in [1.165, 1.54) is 6.26 Å². The third kappa shape index (κ3) is 4.91. The number of hydrogen-bond donors (Lipinski definition) is 2. The van der Waals surface area contributed by atoms with Crippen LogP contribution in [0.4, 0.5) is 11.4 Å². The van der Waals surface area contributed by atoms with Gasteiger partial charge in [0.15, 0.2) is 11.9 Å². The minimum absolute atomic E-state index is 0.205. The van der Waals surface area contributed by atoms with Crippen LogP contribution in [0.1, 0.15) is 17.5 Å². The number of methoxy groups -OCH3 is 1. The Bertz CT molecular complexity index is 936. The fourth-order valence-electron chi connectivity index (χ4n) is 2.43. The third-order valence-corrected chi connectivity index (χ3v) is 3.87. The Morgan fingerprint density at radius 1 is 0.929 bits per heavy atom. The van der Waals surface area contributed by atoms with Crippen LogP contribution in [0, 0.1) is 0 Å². The zero-order valence-corrected chi connectivity index (χ0v) is 15.5. The number of benzene rings is 2. The molecule has 3 rings (SSSR count). The fraction of sp³-hybridized carbons (Fsp3) is 0.143. The first-order valence-electron chi connectivity index (χ1n) is 8.61. The molecule has 1 unspecified atom stereocenters. The van der Waals surface area contributed by atoms with Crippen molar-refractivity contribution in [3.8, 4) is 11.5 Å². The van der Waals surface area contributed by atoms with Crippen LogP contribution in [0.3, 0.4) is 0 Å². The van der Waals surface area contributed by atoms with Gasteiger partial charge < -0.3 is 24.5 Å². The Morgan fingerprint density at radius 2 is 1.61 bits per heavy atom. The molecule has 0 aliphatic carbocycles. The van der Waals surface area contributed by atoms with Gasteiger partial charge in [0.1, 0.15) is 11.5 Å². The molecule has 28 heavy (non-hydrogen) atoms. The Morgan fingerprint density at radius 3 is 2.25 bits per heavy atom. The maximum atomic E-state index is 12.4. The zero-order chi connectivity index (χ0) is 19.9. The first kappa shape index (κ1) is 19.0. The average molecular weight is 380 g/mol. The molecule has 3 aromatic rings. The van der Waals surface area contributed by atoms with Crippen molar-refractivity contribution >= 4 is 23.2 Å². The molecular formula is C21H20N2O5. The molecule has 2 amide bonds. The van der Waals surface area contributed by atoms with Crippen LogP contribution in [0.25, 0.3) is 0 Å². The number of nitrogens with one attached hydrogen (secondary N) is 2. The number of ether oxygens (including phenoxy) is 2. The van der Waals surface area contributed by atoms with Gasteiger partial charge in [0, 0.05) is 11.4 Å². The number of hydrogen-bond acceptors (Lipinski definition) is 5. The van der Waals surface area contributed by atoms with E-state index in [0.717, 1.165) is 0 Å². The van der Waals surface area contributed by atoms with Crippen molar-refractivity contribution in [1.82, 2.24) is 0 Å². The Balaban J connectivity index is 1.59. The Hall–Kier alpha value is -3.74. The number of anilines is 2. The predicted octanol–water partition coefficient (Wildman–Crippen LogP) is 3.95. The van der Waals surface area contributed by atoms with Gasteiger partial charge in [-0.25, -0.2) is 0 Å². The summed E-state index contributed by atoms with van der Waals surface area (Å²) in [6.07, 6.45) is 0.713. The summed E-state index contributed by atoms with van der Waals surface area (Å²) in [7, 11) is 1.58. The van der Waals surface area contributed by atoms with Crippen molar-refractivity contribution in [2.24, 2.45) is 0 Å². The summed E-state index contributed by atoms with van der Waals surface area (Å²) < 4.78 is 15.8. The number of rotatable bonds is 7. The van der Waals surface area contributed by atoms with Crippen molar-refractivity contribution in [3.63, 3.8) is 0 Å². The molecule has 7 nitrogen and oxygen atoms in total. The van der Waals surface area contributed by atoms with Crippen LogP contribution >= 0.6 is 0 Å². The van der Waals surface area contributed by atoms with E-state index in [1.807, 2.05) is 0 Å². The number of carbonyl (C=O) groups excluding carboxylic acids is 2. The van der Waals surface area contributed by atoms with Crippen LogP contribution in [-0.4, -0.2) is 25.0 Å². The first-order valence-corrected chi connectivity index (χ1v) is 8.61. The molecule has 2 N–H and O–H groups in total. The molecule has 1 aromatic heterocycles. The topological polar surface area (TPSA) is 89.8 Å². The van der Waals surface area contributed by atoms with Gasteiger partial charge in [-0.2, -0.15) is 0 Å². The smallest absolute Gasteiger partial charge is 0.291 e. The highest BCUT2D eigenvalue weighted by Gasteiger charge is 2.15. The van der Waals surface area contributed by atoms with Crippen LogP contribution in [0.2, 0.25) is 0 Å². The Kier molecular flexibility index (Phi) is 5.96. The highest BCUT2D eigenvalue weighted by molar-refractivity contribution is 6.02. The van der Waals surface area contributed by atoms with E-state index in [4.69, 9.17) is 13.9 Å². The second-order valence-electron chi connectivity index (χ2n) is 5.94. The molecule has 0 radical (unpaired) electrons. The van der Waals surface area contributed by atoms with Gasteiger partial charge in [-0.15, -0.1) is 0 Å². The molecule has 0 fully saturated rings. The van der Waals surface area contributed by atoms with E-state index in [0.29, 0.717) is 22.9 Å². The average Bonchev–Trinajstić information content (AvgIpc) is 3.24. The minimum atomic E-state index is -0.713. The quantitative estimate of drug-likeness (QED) is 0.648. The van der Waals surface area contributed by atoms with Crippen molar-refractivity contribution in [2.75, 3.05) is 17.7 Å². The second kappa shape index (κ2) is 8.77. The van der Waals surface area contributed by atoms with Gasteiger partial charge in [0.25, 0.3) is 11.8 Å². The maximum Gasteiger partial charge on any atom is 0.291 e. The predicted molar refractivity (Wildman–Crippen MR) is 105 cm³/mol. The van der Waals surface area contributed by atoms with Crippen LogP contribution in [-0.2, 0) is 4.79 Å². The lowest BCUT2D eigenvalue weighted by molar-refractivity contribution is -0.122. The summed E-state index contributed by atoms with van der Waals surface area (Å²) in [4.78, 5) is 24.4. The van der Waals surface area contributed by atoms with Crippen molar-refractivity contribution in [2.45, 2.75) is 13.0 Å². The van der Waals surface area contributed by atoms with E-state index in [2.05, 4.69) is 10.6 Å². The molecule has 0 aliphatic rings. The van der Waals surface area contributed by atoms with Gasteiger partial charge >= 0.3 is 0 Å². The molecule has 2 aromatic carbocycles. The molecular weight excluding hydrogens is 360 g/mol. The molecule has 1 atom stereocenters. The van der Waals surface area contributed by atoms with Crippen LogP contribution in [0.15, 0.2) is 71.3 Å². The summed E-state index contributed by atoms with van der Waals surface area (Å²) >= 11 is 0. The lowest BCUT2D eigenvalue weighted by Gasteiger charge is -2.15. The lowest BCUT2D eigenvalue weighted by atomic mass is 10.2. The fourth-order valence-corrected chi connectivity index (χ4v) is 2.43. The summed E-state index contributed by atoms with van der Waals surface area (Å²) in [5, 5.41) is 5.48. The summed E-state index contributed by atoms with van der Waals surface area (Å²) in [5.41, 5.74) is 1.07. The van der Waals surface area contributed by atoms with E-state index >= 15 is 0 Å². The van der Waals surface area contributed by atoms with Gasteiger partial charge in [-0.05, 0) is 61.5 Å². The summed E-state index contributed by atoms with van der Waals surface area (Å²) in [6.45, 7) is 1.65. The molecule has 0 aliphatic heterocycles. The van der Waals surface area contributed by atoms with Crippen LogP contribution < -0.4 is 20.1 Å². The first-order chi connectivity index (χ1) is 13.5. The van der Waals surface area contributed by atoms with E-state index < -0.39 is 6.10 Å². The minimum Gasteiger partial charge on any atom is -0.497 e. The van der Waals surface area contributed by atoms with E-state index in [9.17, 15) is 9.59 Å². The lowest BCUT2D eigenvalue weighted by Crippen LogP contribution is -2.30. The third-order valence-electron chi connectivity index (χ3n) is 3.87. The van der Waals surface area contributed by atoms with Gasteiger partial charge in [0.2, 0.25) is 0 Å². The van der Waals surface area contributed by atoms with Gasteiger partial charge in [-0.3, -0.25) is 9.59 Å². The van der Waals surface area contributed by atoms with Crippen molar-refractivity contribution in [3.05, 3.63) is 72.7 Å². The Labute approximate surface area is 162 Å². The monoisotopic (exact) mass is 380 g/mol. The molecule has 1 heterocycles. The highest BCUT2D eigenvalue weighted by Crippen LogP contribution is 2.20. The standard InChI is InChI=1S/C21H20N2O5/c1-14(28-18-10-8-17(26-2)9-11-18)20(24)22-15-5-3-6-16(13-15)23-21(25)19-7-4-12-27-19/h3-14H,1-2H3,(H,22,24)(H,23,25). The number of furan rings is 1. The molecule has 0 saturated heterocycles. The summed E-state index contributed by atoms with van der Waals surface area (Å²) in [5.74, 6) is 0.784. The van der Waals surface area contributed by atoms with E-state index in [-0.39, 0.29) is 17.6 Å². The largest absolute Gasteiger partial charge is 0.497 e.